The molecule has 3 aliphatic rings. The third-order valence-corrected chi connectivity index (χ3v) is 7.86. The highest BCUT2D eigenvalue weighted by Crippen LogP contribution is 2.42. The molecule has 2 N–H and O–H groups in total. The fourth-order valence-corrected chi connectivity index (χ4v) is 6.03. The number of nitrogens with one attached hydrogen (secondary N) is 2. The number of halogens is 3. The summed E-state index contributed by atoms with van der Waals surface area (Å²) in [6, 6.07) is 11.9. The first-order valence-electron chi connectivity index (χ1n) is 12.7. The molecule has 4 unspecified atom stereocenters. The average molecular weight is 511 g/mol. The molecule has 2 aromatic carbocycles. The molecule has 8 heteroatoms. The third kappa shape index (κ3) is 5.25. The topological polar surface area (TPSA) is 49.4 Å². The summed E-state index contributed by atoms with van der Waals surface area (Å²) in [6.07, 6.45) is -0.370. The number of hydrogen-bond acceptors (Lipinski definition) is 5. The largest absolute Gasteiger partial charge is 0.497 e. The van der Waals surface area contributed by atoms with E-state index < -0.39 is 11.7 Å². The summed E-state index contributed by atoms with van der Waals surface area (Å²) in [5, 5.41) is 7.64. The zero-order chi connectivity index (χ0) is 26.3. The number of fused-ring (bicyclic) bond motifs is 4. The molecule has 37 heavy (non-hydrogen) atoms. The summed E-state index contributed by atoms with van der Waals surface area (Å²) < 4.78 is 45.7. The van der Waals surface area contributed by atoms with E-state index in [1.165, 1.54) is 6.42 Å². The Hall–Kier alpha value is -3.26. The van der Waals surface area contributed by atoms with Gasteiger partial charge in [-0.1, -0.05) is 13.5 Å². The van der Waals surface area contributed by atoms with Crippen molar-refractivity contribution in [2.24, 2.45) is 11.8 Å². The van der Waals surface area contributed by atoms with Crippen molar-refractivity contribution in [3.05, 3.63) is 77.8 Å². The lowest BCUT2D eigenvalue weighted by Gasteiger charge is -2.51. The van der Waals surface area contributed by atoms with E-state index in [4.69, 9.17) is 4.74 Å². The number of rotatable bonds is 7. The second-order valence-electron chi connectivity index (χ2n) is 10.4. The highest BCUT2D eigenvalue weighted by Gasteiger charge is 2.42. The van der Waals surface area contributed by atoms with Crippen LogP contribution in [0, 0.1) is 18.8 Å². The van der Waals surface area contributed by atoms with Gasteiger partial charge in [0.25, 0.3) is 0 Å². The number of alkyl halides is 3. The lowest BCUT2D eigenvalue weighted by Crippen LogP contribution is -2.56. The van der Waals surface area contributed by atoms with Crippen LogP contribution in [0.1, 0.15) is 42.5 Å². The van der Waals surface area contributed by atoms with E-state index >= 15 is 0 Å². The molecule has 5 nitrogen and oxygen atoms in total. The van der Waals surface area contributed by atoms with E-state index in [0.717, 1.165) is 53.9 Å². The van der Waals surface area contributed by atoms with E-state index in [0.29, 0.717) is 28.9 Å². The average Bonchev–Trinajstić information content (AvgIpc) is 2.86. The first-order valence-corrected chi connectivity index (χ1v) is 12.7. The van der Waals surface area contributed by atoms with Crippen LogP contribution in [0.25, 0.3) is 10.9 Å². The van der Waals surface area contributed by atoms with Crippen LogP contribution in [-0.4, -0.2) is 36.1 Å². The van der Waals surface area contributed by atoms with Crippen LogP contribution >= 0.6 is 0 Å². The fourth-order valence-electron chi connectivity index (χ4n) is 6.03. The number of nitrogens with zero attached hydrogens (tertiary/aromatic N) is 2. The number of aromatic nitrogens is 1. The van der Waals surface area contributed by atoms with Crippen LogP contribution in [0.5, 0.6) is 5.75 Å². The van der Waals surface area contributed by atoms with Crippen LogP contribution in [0.3, 0.4) is 0 Å². The van der Waals surface area contributed by atoms with Gasteiger partial charge in [-0.3, -0.25) is 9.88 Å². The van der Waals surface area contributed by atoms with Crippen LogP contribution < -0.4 is 15.4 Å². The minimum Gasteiger partial charge on any atom is -0.497 e. The van der Waals surface area contributed by atoms with E-state index in [1.807, 2.05) is 30.5 Å². The predicted octanol–water partition coefficient (Wildman–Crippen LogP) is 6.51. The summed E-state index contributed by atoms with van der Waals surface area (Å²) in [5.41, 5.74) is 2.12. The van der Waals surface area contributed by atoms with Crippen LogP contribution in [0.15, 0.2) is 61.1 Å². The van der Waals surface area contributed by atoms with Gasteiger partial charge in [0, 0.05) is 29.9 Å². The zero-order valence-electron chi connectivity index (χ0n) is 21.4. The minimum atomic E-state index is -4.42. The number of aryl methyl sites for hydroxylation is 1. The lowest BCUT2D eigenvalue weighted by atomic mass is 9.73. The number of ether oxygens (including phenoxy) is 1. The summed E-state index contributed by atoms with van der Waals surface area (Å²) in [6.45, 7) is 10.2. The Kier molecular flexibility index (Phi) is 6.79. The van der Waals surface area contributed by atoms with Crippen LogP contribution in [0.2, 0.25) is 0 Å². The summed E-state index contributed by atoms with van der Waals surface area (Å²) in [7, 11) is 1.64. The summed E-state index contributed by atoms with van der Waals surface area (Å²) in [4.78, 5) is 7.09. The molecule has 0 aliphatic carbocycles. The standard InChI is InChI=1S/C29H33F3N4O/c1-17-11-21(29(30,31)32)14-22(12-17)34-19(3)35-28(27-13-20-8-10-36(27)16-18(20)2)24-7-9-33-26-6-5-23(37-4)15-25(24)26/h5-7,9,11-12,14-15,18,20,27-28,34-35H,3,8,10,13,16H2,1-2,4H3/t18?,20?,27?,28-/m0/s1. The molecule has 1 aromatic heterocycles. The first-order chi connectivity index (χ1) is 17.6. The Bertz CT molecular complexity index is 1310. The molecule has 0 amide bonds. The van der Waals surface area contributed by atoms with Gasteiger partial charge in [0.1, 0.15) is 5.75 Å². The van der Waals surface area contributed by atoms with E-state index in [-0.39, 0.29) is 12.1 Å². The van der Waals surface area contributed by atoms with Crippen molar-refractivity contribution >= 4 is 16.6 Å². The molecule has 3 aliphatic heterocycles. The van der Waals surface area contributed by atoms with Crippen molar-refractivity contribution < 1.29 is 17.9 Å². The van der Waals surface area contributed by atoms with Gasteiger partial charge >= 0.3 is 6.18 Å². The monoisotopic (exact) mass is 510 g/mol. The molecular formula is C29H33F3N4O. The molecular weight excluding hydrogens is 477 g/mol. The zero-order valence-corrected chi connectivity index (χ0v) is 21.4. The number of anilines is 1. The lowest BCUT2D eigenvalue weighted by molar-refractivity contribution is -0.137. The Morgan fingerprint density at radius 3 is 2.68 bits per heavy atom. The summed E-state index contributed by atoms with van der Waals surface area (Å²) >= 11 is 0. The molecule has 196 valence electrons. The predicted molar refractivity (Wildman–Crippen MR) is 140 cm³/mol. The number of pyridine rings is 1. The number of benzene rings is 2. The smallest absolute Gasteiger partial charge is 0.416 e. The van der Waals surface area contributed by atoms with Gasteiger partial charge in [0.15, 0.2) is 0 Å². The Morgan fingerprint density at radius 1 is 1.19 bits per heavy atom. The van der Waals surface area contributed by atoms with Gasteiger partial charge in [-0.2, -0.15) is 13.2 Å². The molecule has 3 aromatic rings. The van der Waals surface area contributed by atoms with Crippen molar-refractivity contribution in [2.75, 3.05) is 25.5 Å². The Labute approximate surface area is 215 Å². The molecule has 6 rings (SSSR count). The maximum absolute atomic E-state index is 13.4. The molecule has 0 spiro atoms. The quantitative estimate of drug-likeness (QED) is 0.379. The first kappa shape index (κ1) is 25.4. The molecule has 5 atom stereocenters. The van der Waals surface area contributed by atoms with Crippen molar-refractivity contribution in [3.8, 4) is 5.75 Å². The van der Waals surface area contributed by atoms with Gasteiger partial charge in [-0.25, -0.2) is 0 Å². The number of piperidine rings is 3. The summed E-state index contributed by atoms with van der Waals surface area (Å²) in [5.74, 6) is 2.49. The second-order valence-corrected chi connectivity index (χ2v) is 10.4. The van der Waals surface area contributed by atoms with Crippen molar-refractivity contribution in [1.82, 2.24) is 15.2 Å². The molecule has 3 saturated heterocycles. The van der Waals surface area contributed by atoms with Crippen molar-refractivity contribution in [1.29, 1.82) is 0 Å². The highest BCUT2D eigenvalue weighted by atomic mass is 19.4. The minimum absolute atomic E-state index is 0.139. The second kappa shape index (κ2) is 9.89. The molecule has 0 radical (unpaired) electrons. The Morgan fingerprint density at radius 2 is 2.00 bits per heavy atom. The van der Waals surface area contributed by atoms with E-state index in [9.17, 15) is 13.2 Å². The number of methoxy groups -OCH3 is 1. The third-order valence-electron chi connectivity index (χ3n) is 7.86. The van der Waals surface area contributed by atoms with Gasteiger partial charge in [0.05, 0.1) is 30.1 Å². The van der Waals surface area contributed by atoms with E-state index in [1.54, 1.807) is 20.1 Å². The van der Waals surface area contributed by atoms with E-state index in [2.05, 4.69) is 34.0 Å². The van der Waals surface area contributed by atoms with Gasteiger partial charge < -0.3 is 15.4 Å². The molecule has 0 saturated carbocycles. The maximum Gasteiger partial charge on any atom is 0.416 e. The molecule has 4 heterocycles. The fraction of sp³-hybridized carbons (Fsp3) is 0.414. The van der Waals surface area contributed by atoms with Crippen molar-refractivity contribution in [2.45, 2.75) is 44.9 Å². The molecule has 3 fully saturated rings. The maximum atomic E-state index is 13.4. The van der Waals surface area contributed by atoms with Gasteiger partial charge in [-0.05, 0) is 91.7 Å². The van der Waals surface area contributed by atoms with Gasteiger partial charge in [-0.15, -0.1) is 0 Å². The van der Waals surface area contributed by atoms with Crippen LogP contribution in [-0.2, 0) is 6.18 Å². The number of hydrogen-bond donors (Lipinski definition) is 2. The van der Waals surface area contributed by atoms with Crippen LogP contribution in [0.4, 0.5) is 18.9 Å². The Balaban J connectivity index is 1.49. The van der Waals surface area contributed by atoms with Crippen molar-refractivity contribution in [3.63, 3.8) is 0 Å². The highest BCUT2D eigenvalue weighted by molar-refractivity contribution is 5.84. The van der Waals surface area contributed by atoms with Gasteiger partial charge in [0.2, 0.25) is 0 Å². The SMILES string of the molecule is C=C(Nc1cc(C)cc(C(F)(F)F)c1)N[C@@H](c1ccnc2ccc(OC)cc12)C1CC2CCN1CC2C. The molecule has 2 bridgehead atoms. The normalized spacial score (nSPS) is 24.1.